The largest absolute Gasteiger partial charge is 0.475 e. The number of furan rings is 1. The Balaban J connectivity index is 2.56. The van der Waals surface area contributed by atoms with E-state index in [1.165, 1.54) is 0 Å². The van der Waals surface area contributed by atoms with Crippen LogP contribution in [0.3, 0.4) is 0 Å². The zero-order valence-electron chi connectivity index (χ0n) is 7.28. The quantitative estimate of drug-likeness (QED) is 0.735. The highest BCUT2D eigenvalue weighted by Crippen LogP contribution is 2.44. The first kappa shape index (κ1) is 8.63. The standard InChI is InChI=1S/C9H8N2O3/c10-3-5-6(11)8(9(12)13)14-7(5)4-1-2-4/h4H,1-2,11H2,(H,12,13). The van der Waals surface area contributed by atoms with Gasteiger partial charge in [-0.2, -0.15) is 5.26 Å². The van der Waals surface area contributed by atoms with Crippen molar-refractivity contribution in [2.75, 3.05) is 5.73 Å². The molecule has 0 bridgehead atoms. The van der Waals surface area contributed by atoms with Gasteiger partial charge in [0, 0.05) is 5.92 Å². The molecule has 1 heterocycles. The third-order valence-electron chi connectivity index (χ3n) is 2.23. The molecule has 1 saturated carbocycles. The van der Waals surface area contributed by atoms with Gasteiger partial charge in [-0.3, -0.25) is 0 Å². The summed E-state index contributed by atoms with van der Waals surface area (Å²) in [6, 6.07) is 1.88. The molecule has 0 unspecified atom stereocenters. The molecule has 5 heteroatoms. The van der Waals surface area contributed by atoms with E-state index < -0.39 is 5.97 Å². The summed E-state index contributed by atoms with van der Waals surface area (Å²) >= 11 is 0. The van der Waals surface area contributed by atoms with Crippen LogP contribution in [0.4, 0.5) is 5.69 Å². The van der Waals surface area contributed by atoms with Crippen molar-refractivity contribution in [2.45, 2.75) is 18.8 Å². The number of carboxylic acids is 1. The Labute approximate surface area is 79.7 Å². The predicted octanol–water partition coefficient (Wildman–Crippen LogP) is 1.31. The Morgan fingerprint density at radius 1 is 1.64 bits per heavy atom. The molecule has 1 aliphatic rings. The highest BCUT2D eigenvalue weighted by atomic mass is 16.4. The number of hydrogen-bond donors (Lipinski definition) is 2. The normalized spacial score (nSPS) is 15.1. The van der Waals surface area contributed by atoms with Gasteiger partial charge in [0.05, 0.1) is 0 Å². The number of nitrogen functional groups attached to an aromatic ring is 1. The van der Waals surface area contributed by atoms with Gasteiger partial charge in [-0.1, -0.05) is 0 Å². The van der Waals surface area contributed by atoms with Gasteiger partial charge in [0.15, 0.2) is 0 Å². The zero-order chi connectivity index (χ0) is 10.3. The average molecular weight is 192 g/mol. The van der Waals surface area contributed by atoms with Crippen molar-refractivity contribution < 1.29 is 14.3 Å². The average Bonchev–Trinajstić information content (AvgIpc) is 2.90. The number of nitrogens with zero attached hydrogens (tertiary/aromatic N) is 1. The molecule has 1 fully saturated rings. The molecule has 0 aliphatic heterocycles. The number of aromatic carboxylic acids is 1. The zero-order valence-corrected chi connectivity index (χ0v) is 7.28. The second-order valence-corrected chi connectivity index (χ2v) is 3.28. The van der Waals surface area contributed by atoms with Crippen molar-refractivity contribution in [2.24, 2.45) is 0 Å². The molecule has 0 radical (unpaired) electrons. The number of hydrogen-bond acceptors (Lipinski definition) is 4. The predicted molar refractivity (Wildman–Crippen MR) is 46.8 cm³/mol. The van der Waals surface area contributed by atoms with E-state index in [1.807, 2.05) is 6.07 Å². The van der Waals surface area contributed by atoms with E-state index in [4.69, 9.17) is 20.5 Å². The summed E-state index contributed by atoms with van der Waals surface area (Å²) in [5, 5.41) is 17.5. The maximum absolute atomic E-state index is 10.7. The van der Waals surface area contributed by atoms with E-state index in [9.17, 15) is 4.79 Å². The first-order valence-electron chi connectivity index (χ1n) is 4.20. The Kier molecular flexibility index (Phi) is 1.71. The van der Waals surface area contributed by atoms with E-state index in [0.29, 0.717) is 5.76 Å². The minimum Gasteiger partial charge on any atom is -0.475 e. The van der Waals surface area contributed by atoms with Crippen LogP contribution < -0.4 is 5.73 Å². The van der Waals surface area contributed by atoms with E-state index in [-0.39, 0.29) is 22.9 Å². The van der Waals surface area contributed by atoms with E-state index in [2.05, 4.69) is 0 Å². The lowest BCUT2D eigenvalue weighted by atomic mass is 10.1. The smallest absolute Gasteiger partial charge is 0.374 e. The van der Waals surface area contributed by atoms with Crippen molar-refractivity contribution in [3.8, 4) is 6.07 Å². The molecule has 3 N–H and O–H groups in total. The molecular formula is C9H8N2O3. The molecule has 14 heavy (non-hydrogen) atoms. The van der Waals surface area contributed by atoms with Crippen LogP contribution in [0.1, 0.15) is 40.6 Å². The Morgan fingerprint density at radius 2 is 2.29 bits per heavy atom. The van der Waals surface area contributed by atoms with Gasteiger partial charge in [-0.15, -0.1) is 0 Å². The molecule has 0 saturated heterocycles. The van der Waals surface area contributed by atoms with Crippen molar-refractivity contribution in [1.29, 1.82) is 5.26 Å². The minimum atomic E-state index is -1.23. The van der Waals surface area contributed by atoms with Crippen LogP contribution in [-0.4, -0.2) is 11.1 Å². The lowest BCUT2D eigenvalue weighted by Gasteiger charge is -1.88. The van der Waals surface area contributed by atoms with Crippen LogP contribution in [0.5, 0.6) is 0 Å². The van der Waals surface area contributed by atoms with E-state index in [0.717, 1.165) is 12.8 Å². The lowest BCUT2D eigenvalue weighted by Crippen LogP contribution is -1.99. The number of nitrogens with two attached hydrogens (primary N) is 1. The topological polar surface area (TPSA) is 100 Å². The molecule has 0 spiro atoms. The summed E-state index contributed by atoms with van der Waals surface area (Å²) in [5.41, 5.74) is 5.62. The van der Waals surface area contributed by atoms with Crippen molar-refractivity contribution in [3.63, 3.8) is 0 Å². The molecule has 1 aromatic heterocycles. The Bertz CT molecular complexity index is 438. The lowest BCUT2D eigenvalue weighted by molar-refractivity contribution is 0.0662. The highest BCUT2D eigenvalue weighted by Gasteiger charge is 2.34. The first-order valence-corrected chi connectivity index (χ1v) is 4.20. The fraction of sp³-hybridized carbons (Fsp3) is 0.333. The first-order chi connectivity index (χ1) is 6.65. The minimum absolute atomic E-state index is 0.0538. The number of nitriles is 1. The summed E-state index contributed by atoms with van der Waals surface area (Å²) in [4.78, 5) is 10.7. The summed E-state index contributed by atoms with van der Waals surface area (Å²) in [5.74, 6) is -0.934. The van der Waals surface area contributed by atoms with Gasteiger partial charge in [0.1, 0.15) is 23.1 Å². The van der Waals surface area contributed by atoms with Gasteiger partial charge >= 0.3 is 5.97 Å². The summed E-state index contributed by atoms with van der Waals surface area (Å²) in [6.07, 6.45) is 1.86. The van der Waals surface area contributed by atoms with Crippen LogP contribution in [0.25, 0.3) is 0 Å². The van der Waals surface area contributed by atoms with Gasteiger partial charge in [0.25, 0.3) is 0 Å². The van der Waals surface area contributed by atoms with Crippen molar-refractivity contribution >= 4 is 11.7 Å². The third-order valence-corrected chi connectivity index (χ3v) is 2.23. The van der Waals surface area contributed by atoms with Gasteiger partial charge < -0.3 is 15.3 Å². The molecule has 5 nitrogen and oxygen atoms in total. The molecule has 2 rings (SSSR count). The second-order valence-electron chi connectivity index (χ2n) is 3.28. The molecule has 0 atom stereocenters. The van der Waals surface area contributed by atoms with Gasteiger partial charge in [0.2, 0.25) is 5.76 Å². The fourth-order valence-electron chi connectivity index (χ4n) is 1.37. The van der Waals surface area contributed by atoms with Gasteiger partial charge in [-0.25, -0.2) is 4.79 Å². The van der Waals surface area contributed by atoms with Crippen LogP contribution in [-0.2, 0) is 0 Å². The SMILES string of the molecule is N#Cc1c(C2CC2)oc(C(=O)O)c1N. The number of carboxylic acid groups (broad SMARTS) is 1. The molecule has 0 aromatic carbocycles. The third kappa shape index (κ3) is 1.12. The molecule has 1 aliphatic carbocycles. The van der Waals surface area contributed by atoms with Crippen molar-refractivity contribution in [1.82, 2.24) is 0 Å². The van der Waals surface area contributed by atoms with E-state index in [1.54, 1.807) is 0 Å². The number of anilines is 1. The Morgan fingerprint density at radius 3 is 2.71 bits per heavy atom. The maximum atomic E-state index is 10.7. The highest BCUT2D eigenvalue weighted by molar-refractivity contribution is 5.92. The summed E-state index contributed by atoms with van der Waals surface area (Å²) in [7, 11) is 0. The van der Waals surface area contributed by atoms with E-state index >= 15 is 0 Å². The Hall–Kier alpha value is -1.96. The number of carbonyl (C=O) groups is 1. The second kappa shape index (κ2) is 2.77. The van der Waals surface area contributed by atoms with Crippen LogP contribution >= 0.6 is 0 Å². The molecule has 0 amide bonds. The number of rotatable bonds is 2. The maximum Gasteiger partial charge on any atom is 0.374 e. The van der Waals surface area contributed by atoms with Crippen LogP contribution in [0.15, 0.2) is 4.42 Å². The monoisotopic (exact) mass is 192 g/mol. The summed E-state index contributed by atoms with van der Waals surface area (Å²) < 4.78 is 5.07. The van der Waals surface area contributed by atoms with Crippen LogP contribution in [0.2, 0.25) is 0 Å². The van der Waals surface area contributed by atoms with Gasteiger partial charge in [-0.05, 0) is 12.8 Å². The molecule has 72 valence electrons. The van der Waals surface area contributed by atoms with Crippen molar-refractivity contribution in [3.05, 3.63) is 17.1 Å². The fourth-order valence-corrected chi connectivity index (χ4v) is 1.37. The van der Waals surface area contributed by atoms with Crippen LogP contribution in [0, 0.1) is 11.3 Å². The molecular weight excluding hydrogens is 184 g/mol. The summed E-state index contributed by atoms with van der Waals surface area (Å²) in [6.45, 7) is 0. The molecule has 1 aromatic rings.